The fraction of sp³-hybridized carbons (Fsp3) is 1.00. The molecule has 0 aliphatic rings. The van der Waals surface area contributed by atoms with Crippen molar-refractivity contribution < 1.29 is 4.74 Å². The summed E-state index contributed by atoms with van der Waals surface area (Å²) in [5.74, 6) is 5.20. The summed E-state index contributed by atoms with van der Waals surface area (Å²) in [6.07, 6.45) is 0. The number of hydrogen-bond acceptors (Lipinski definition) is 3. The van der Waals surface area contributed by atoms with E-state index >= 15 is 0 Å². The lowest BCUT2D eigenvalue weighted by molar-refractivity contribution is -0.00489. The van der Waals surface area contributed by atoms with E-state index in [9.17, 15) is 0 Å². The van der Waals surface area contributed by atoms with Crippen LogP contribution >= 0.6 is 0 Å². The first kappa shape index (κ1) is 8.88. The lowest BCUT2D eigenvalue weighted by Gasteiger charge is -2.29. The van der Waals surface area contributed by atoms with Crippen LogP contribution in [0.1, 0.15) is 20.8 Å². The standard InChI is InChI=1S/C6H16N2O/c1-5(8-7)6(2,3)9-4/h5,8H,7H2,1-4H3. The second-order valence-electron chi connectivity index (χ2n) is 2.70. The van der Waals surface area contributed by atoms with E-state index in [1.54, 1.807) is 7.11 Å². The van der Waals surface area contributed by atoms with Gasteiger partial charge < -0.3 is 4.74 Å². The molecule has 3 N–H and O–H groups in total. The average Bonchev–Trinajstić information content (AvgIpc) is 1.86. The minimum atomic E-state index is -0.186. The number of hydrazine groups is 1. The maximum absolute atomic E-state index is 5.20. The van der Waals surface area contributed by atoms with Gasteiger partial charge in [0.15, 0.2) is 0 Å². The maximum atomic E-state index is 5.20. The summed E-state index contributed by atoms with van der Waals surface area (Å²) in [5, 5.41) is 0. The van der Waals surface area contributed by atoms with Crippen LogP contribution in [0.2, 0.25) is 0 Å². The highest BCUT2D eigenvalue weighted by atomic mass is 16.5. The van der Waals surface area contributed by atoms with Crippen molar-refractivity contribution in [1.29, 1.82) is 0 Å². The molecule has 0 fully saturated rings. The topological polar surface area (TPSA) is 47.3 Å². The zero-order chi connectivity index (χ0) is 7.49. The Hall–Kier alpha value is -0.120. The second kappa shape index (κ2) is 3.15. The Balaban J connectivity index is 3.80. The number of ether oxygens (including phenoxy) is 1. The molecule has 0 amide bonds. The second-order valence-corrected chi connectivity index (χ2v) is 2.70. The quantitative estimate of drug-likeness (QED) is 0.428. The van der Waals surface area contributed by atoms with Crippen molar-refractivity contribution in [2.75, 3.05) is 7.11 Å². The number of methoxy groups -OCH3 is 1. The van der Waals surface area contributed by atoms with Gasteiger partial charge in [0, 0.05) is 13.2 Å². The lowest BCUT2D eigenvalue weighted by atomic mass is 10.0. The summed E-state index contributed by atoms with van der Waals surface area (Å²) in [7, 11) is 1.67. The van der Waals surface area contributed by atoms with E-state index in [1.807, 2.05) is 20.8 Å². The minimum Gasteiger partial charge on any atom is -0.377 e. The predicted octanol–water partition coefficient (Wildman–Crippen LogP) is 0.263. The fourth-order valence-electron chi connectivity index (χ4n) is 0.377. The fourth-order valence-corrected chi connectivity index (χ4v) is 0.377. The zero-order valence-electron chi connectivity index (χ0n) is 6.56. The van der Waals surface area contributed by atoms with Crippen LogP contribution in [0, 0.1) is 0 Å². The molecule has 9 heavy (non-hydrogen) atoms. The molecule has 1 atom stereocenters. The van der Waals surface area contributed by atoms with Gasteiger partial charge in [-0.2, -0.15) is 0 Å². The molecule has 0 heterocycles. The third kappa shape index (κ3) is 2.30. The monoisotopic (exact) mass is 132 g/mol. The van der Waals surface area contributed by atoms with E-state index in [1.165, 1.54) is 0 Å². The van der Waals surface area contributed by atoms with E-state index in [4.69, 9.17) is 10.6 Å². The van der Waals surface area contributed by atoms with Gasteiger partial charge >= 0.3 is 0 Å². The molecule has 0 saturated heterocycles. The van der Waals surface area contributed by atoms with Gasteiger partial charge in [0.2, 0.25) is 0 Å². The van der Waals surface area contributed by atoms with Crippen molar-refractivity contribution in [3.8, 4) is 0 Å². The number of nitrogens with two attached hydrogens (primary N) is 1. The number of rotatable bonds is 3. The molecule has 0 aromatic rings. The van der Waals surface area contributed by atoms with Gasteiger partial charge in [-0.05, 0) is 20.8 Å². The Bertz CT molecular complexity index is 83.1. The van der Waals surface area contributed by atoms with Crippen LogP contribution in [-0.4, -0.2) is 18.8 Å². The third-order valence-electron chi connectivity index (χ3n) is 1.82. The lowest BCUT2D eigenvalue weighted by Crippen LogP contribution is -2.48. The van der Waals surface area contributed by atoms with Gasteiger partial charge in [0.05, 0.1) is 5.60 Å². The van der Waals surface area contributed by atoms with E-state index in [0.717, 1.165) is 0 Å². The van der Waals surface area contributed by atoms with Crippen LogP contribution in [0.25, 0.3) is 0 Å². The molecule has 0 rings (SSSR count). The Morgan fingerprint density at radius 2 is 2.00 bits per heavy atom. The van der Waals surface area contributed by atoms with Crippen LogP contribution in [0.4, 0.5) is 0 Å². The first-order valence-corrected chi connectivity index (χ1v) is 3.06. The van der Waals surface area contributed by atoms with Gasteiger partial charge in [-0.3, -0.25) is 11.3 Å². The molecule has 0 aromatic heterocycles. The average molecular weight is 132 g/mol. The molecule has 1 unspecified atom stereocenters. The molecule has 0 bridgehead atoms. The SMILES string of the molecule is COC(C)(C)C(C)NN. The van der Waals surface area contributed by atoms with E-state index in [-0.39, 0.29) is 11.6 Å². The summed E-state index contributed by atoms with van der Waals surface area (Å²) >= 11 is 0. The van der Waals surface area contributed by atoms with E-state index in [2.05, 4.69) is 5.43 Å². The van der Waals surface area contributed by atoms with Crippen LogP contribution in [0.5, 0.6) is 0 Å². The van der Waals surface area contributed by atoms with E-state index in [0.29, 0.717) is 0 Å². The van der Waals surface area contributed by atoms with Crippen LogP contribution in [0.3, 0.4) is 0 Å². The Morgan fingerprint density at radius 3 is 2.11 bits per heavy atom. The van der Waals surface area contributed by atoms with Crippen LogP contribution in [0.15, 0.2) is 0 Å². The van der Waals surface area contributed by atoms with Crippen molar-refractivity contribution in [3.63, 3.8) is 0 Å². The van der Waals surface area contributed by atoms with Crippen molar-refractivity contribution in [2.45, 2.75) is 32.4 Å². The van der Waals surface area contributed by atoms with E-state index < -0.39 is 0 Å². The highest BCUT2D eigenvalue weighted by molar-refractivity contribution is 4.79. The van der Waals surface area contributed by atoms with Gasteiger partial charge in [-0.25, -0.2) is 0 Å². The highest BCUT2D eigenvalue weighted by Crippen LogP contribution is 2.11. The number of nitrogens with one attached hydrogen (secondary N) is 1. The largest absolute Gasteiger partial charge is 0.377 e. The highest BCUT2D eigenvalue weighted by Gasteiger charge is 2.23. The molecule has 0 aliphatic heterocycles. The van der Waals surface area contributed by atoms with Gasteiger partial charge in [-0.1, -0.05) is 0 Å². The molecule has 3 heteroatoms. The molecule has 0 spiro atoms. The zero-order valence-corrected chi connectivity index (χ0v) is 6.56. The first-order chi connectivity index (χ1) is 4.04. The molecule has 3 nitrogen and oxygen atoms in total. The Labute approximate surface area is 56.5 Å². The van der Waals surface area contributed by atoms with Crippen LogP contribution in [-0.2, 0) is 4.74 Å². The first-order valence-electron chi connectivity index (χ1n) is 3.06. The number of hydrogen-bond donors (Lipinski definition) is 2. The smallest absolute Gasteiger partial charge is 0.0785 e. The van der Waals surface area contributed by atoms with Crippen LogP contribution < -0.4 is 11.3 Å². The predicted molar refractivity (Wildman–Crippen MR) is 37.9 cm³/mol. The molecule has 0 saturated carbocycles. The van der Waals surface area contributed by atoms with Crippen molar-refractivity contribution in [3.05, 3.63) is 0 Å². The molecular weight excluding hydrogens is 116 g/mol. The molecule has 0 aliphatic carbocycles. The Kier molecular flexibility index (Phi) is 3.11. The molecular formula is C6H16N2O. The van der Waals surface area contributed by atoms with Crippen molar-refractivity contribution in [1.82, 2.24) is 5.43 Å². The molecule has 0 radical (unpaired) electrons. The maximum Gasteiger partial charge on any atom is 0.0785 e. The summed E-state index contributed by atoms with van der Waals surface area (Å²) < 4.78 is 5.15. The summed E-state index contributed by atoms with van der Waals surface area (Å²) in [5.41, 5.74) is 2.45. The van der Waals surface area contributed by atoms with Crippen molar-refractivity contribution >= 4 is 0 Å². The normalized spacial score (nSPS) is 15.7. The summed E-state index contributed by atoms with van der Waals surface area (Å²) in [6, 6.07) is 0.169. The van der Waals surface area contributed by atoms with Gasteiger partial charge in [-0.15, -0.1) is 0 Å². The Morgan fingerprint density at radius 1 is 1.56 bits per heavy atom. The molecule has 56 valence electrons. The van der Waals surface area contributed by atoms with Crippen molar-refractivity contribution in [2.24, 2.45) is 5.84 Å². The van der Waals surface area contributed by atoms with Gasteiger partial charge in [0.1, 0.15) is 0 Å². The summed E-state index contributed by atoms with van der Waals surface area (Å²) in [6.45, 7) is 5.94. The summed E-state index contributed by atoms with van der Waals surface area (Å²) in [4.78, 5) is 0. The molecule has 0 aromatic carbocycles. The third-order valence-corrected chi connectivity index (χ3v) is 1.82. The minimum absolute atomic E-state index is 0.169. The van der Waals surface area contributed by atoms with Gasteiger partial charge in [0.25, 0.3) is 0 Å².